The van der Waals surface area contributed by atoms with Crippen LogP contribution >= 0.6 is 17.0 Å². The van der Waals surface area contributed by atoms with Crippen LogP contribution in [0.15, 0.2) is 115 Å². The molecule has 0 nitrogen and oxygen atoms in total. The monoisotopic (exact) mass is 692 g/mol. The molecule has 1 heterocycles. The van der Waals surface area contributed by atoms with E-state index >= 15 is 0 Å². The molecular formula is C39H36Cl2SiZr. The average Bonchev–Trinajstić information content (AvgIpc) is 3.59. The van der Waals surface area contributed by atoms with Crippen molar-refractivity contribution < 1.29 is 17.9 Å². The molecule has 0 saturated carbocycles. The third-order valence-electron chi connectivity index (χ3n) is 9.34. The molecule has 0 spiro atoms. The number of hydrogen-bond acceptors (Lipinski definition) is 0. The fraction of sp³-hybridized carbons (Fsp3) is 0.179. The molecule has 7 rings (SSSR count). The van der Waals surface area contributed by atoms with Crippen molar-refractivity contribution in [1.82, 2.24) is 0 Å². The molecular weight excluding hydrogens is 659 g/mol. The predicted octanol–water partition coefficient (Wildman–Crippen LogP) is 9.27. The Kier molecular flexibility index (Phi) is 8.02. The average molecular weight is 695 g/mol. The first kappa shape index (κ1) is 29.2. The second kappa shape index (κ2) is 11.8. The molecule has 214 valence electrons. The molecule has 0 amide bonds. The summed E-state index contributed by atoms with van der Waals surface area (Å²) < 4.78 is 1.39. The summed E-state index contributed by atoms with van der Waals surface area (Å²) in [5, 5.41) is 3.00. The first-order chi connectivity index (χ1) is 20.9. The van der Waals surface area contributed by atoms with Crippen LogP contribution in [-0.4, -0.2) is 9.52 Å². The summed E-state index contributed by atoms with van der Waals surface area (Å²) in [5.41, 5.74) is 13.3. The fourth-order valence-electron chi connectivity index (χ4n) is 7.45. The SMILES string of the molecule is CCCC1=Cc2c(ccc(-c3ccccc3)c2-c2ccccc2C(C)C)[CH]1[Zr]([Cl])([Cl])[c]1cccc2c1[SiH2]c1ccccc1-2. The Hall–Kier alpha value is -2.48. The molecule has 0 N–H and O–H groups in total. The van der Waals surface area contributed by atoms with E-state index in [1.54, 1.807) is 0 Å². The van der Waals surface area contributed by atoms with Gasteiger partial charge in [0.15, 0.2) is 0 Å². The third-order valence-corrected chi connectivity index (χ3v) is 23.7. The normalized spacial score (nSPS) is 15.9. The zero-order chi connectivity index (χ0) is 29.7. The Bertz CT molecular complexity index is 1870. The van der Waals surface area contributed by atoms with Crippen LogP contribution in [0.25, 0.3) is 39.5 Å². The van der Waals surface area contributed by atoms with Gasteiger partial charge >= 0.3 is 272 Å². The quantitative estimate of drug-likeness (QED) is 0.146. The molecule has 0 fully saturated rings. The van der Waals surface area contributed by atoms with Gasteiger partial charge in [-0.1, -0.05) is 0 Å². The van der Waals surface area contributed by atoms with E-state index < -0.39 is 27.4 Å². The van der Waals surface area contributed by atoms with E-state index in [-0.39, 0.29) is 3.63 Å². The zero-order valence-electron chi connectivity index (χ0n) is 25.0. The molecule has 0 bridgehead atoms. The van der Waals surface area contributed by atoms with E-state index in [1.807, 2.05) is 0 Å². The van der Waals surface area contributed by atoms with Gasteiger partial charge in [0.25, 0.3) is 0 Å². The van der Waals surface area contributed by atoms with Gasteiger partial charge in [-0.3, -0.25) is 0 Å². The number of halogens is 2. The minimum atomic E-state index is -4.04. The van der Waals surface area contributed by atoms with E-state index in [4.69, 9.17) is 17.0 Å². The van der Waals surface area contributed by atoms with E-state index in [0.29, 0.717) is 5.92 Å². The maximum atomic E-state index is 7.95. The second-order valence-corrected chi connectivity index (χ2v) is 28.1. The van der Waals surface area contributed by atoms with Crippen molar-refractivity contribution in [2.75, 3.05) is 0 Å². The molecule has 1 aliphatic carbocycles. The Morgan fingerprint density at radius 3 is 2.19 bits per heavy atom. The molecule has 43 heavy (non-hydrogen) atoms. The molecule has 1 aliphatic heterocycles. The van der Waals surface area contributed by atoms with Gasteiger partial charge in [0.05, 0.1) is 0 Å². The fourth-order valence-corrected chi connectivity index (χ4v) is 24.3. The zero-order valence-corrected chi connectivity index (χ0v) is 30.4. The standard InChI is InChI=1S/C27H27.C12H9Si.2ClH.Zr/c1-4-10-20-17-22-15-16-24(21-11-6-5-7-12-21)27(26(22)18-20)25-14-9-8-13-23(25)19(2)3;1-3-7-11-9(5-1)10-6-2-4-8-12(10)13-11;;;/h5-9,11-19H,4,10H2,1-3H3;1-7H,13H2;2*1H;/q;;;;+2/p-2. The second-order valence-electron chi connectivity index (χ2n) is 12.3. The first-order valence-corrected chi connectivity index (χ1v) is 25.9. The summed E-state index contributed by atoms with van der Waals surface area (Å²) in [6, 6.07) is 40.1. The molecule has 4 heteroatoms. The number of allylic oxidation sites excluding steroid dienone is 1. The summed E-state index contributed by atoms with van der Waals surface area (Å²) in [7, 11) is 15.3. The Labute approximate surface area is 270 Å². The number of hydrogen-bond donors (Lipinski definition) is 0. The topological polar surface area (TPSA) is 0 Å². The van der Waals surface area contributed by atoms with Crippen LogP contribution in [0.4, 0.5) is 0 Å². The van der Waals surface area contributed by atoms with Crippen LogP contribution in [-0.2, 0) is 17.9 Å². The predicted molar refractivity (Wildman–Crippen MR) is 188 cm³/mol. The molecule has 2 aliphatic rings. The van der Waals surface area contributed by atoms with Crippen molar-refractivity contribution in [3.8, 4) is 33.4 Å². The summed E-state index contributed by atoms with van der Waals surface area (Å²) in [5.74, 6) is 0.407. The van der Waals surface area contributed by atoms with Crippen molar-refractivity contribution in [2.24, 2.45) is 0 Å². The van der Waals surface area contributed by atoms with Crippen LogP contribution in [0.3, 0.4) is 0 Å². The Morgan fingerprint density at radius 1 is 0.721 bits per heavy atom. The van der Waals surface area contributed by atoms with E-state index in [9.17, 15) is 0 Å². The molecule has 5 aromatic rings. The summed E-state index contributed by atoms with van der Waals surface area (Å²) in [6.07, 6.45) is 4.56. The van der Waals surface area contributed by atoms with E-state index in [2.05, 4.69) is 136 Å². The summed E-state index contributed by atoms with van der Waals surface area (Å²) in [6.45, 7) is 6.86. The molecule has 5 aromatic carbocycles. The van der Waals surface area contributed by atoms with E-state index in [0.717, 1.165) is 12.8 Å². The van der Waals surface area contributed by atoms with Crippen LogP contribution in [0.5, 0.6) is 0 Å². The molecule has 0 saturated heterocycles. The van der Waals surface area contributed by atoms with Crippen LogP contribution in [0.2, 0.25) is 0 Å². The van der Waals surface area contributed by atoms with Crippen molar-refractivity contribution in [3.63, 3.8) is 0 Å². The van der Waals surface area contributed by atoms with Crippen molar-refractivity contribution in [3.05, 3.63) is 131 Å². The van der Waals surface area contributed by atoms with Crippen molar-refractivity contribution >= 4 is 46.3 Å². The first-order valence-electron chi connectivity index (χ1n) is 15.5. The van der Waals surface area contributed by atoms with Crippen molar-refractivity contribution in [2.45, 2.75) is 43.2 Å². The van der Waals surface area contributed by atoms with Gasteiger partial charge in [0.1, 0.15) is 0 Å². The Morgan fingerprint density at radius 2 is 1.42 bits per heavy atom. The maximum absolute atomic E-state index is 7.95. The molecule has 1 unspecified atom stereocenters. The van der Waals surface area contributed by atoms with Gasteiger partial charge in [-0.05, 0) is 0 Å². The van der Waals surface area contributed by atoms with Gasteiger partial charge in [0, 0.05) is 0 Å². The van der Waals surface area contributed by atoms with Gasteiger partial charge < -0.3 is 0 Å². The van der Waals surface area contributed by atoms with Crippen molar-refractivity contribution in [1.29, 1.82) is 0 Å². The molecule has 0 radical (unpaired) electrons. The number of fused-ring (bicyclic) bond motifs is 4. The number of benzene rings is 5. The van der Waals surface area contributed by atoms with Gasteiger partial charge in [-0.15, -0.1) is 0 Å². The van der Waals surface area contributed by atoms with E-state index in [1.165, 1.54) is 69.3 Å². The van der Waals surface area contributed by atoms with Crippen LogP contribution < -0.4 is 13.6 Å². The molecule has 0 aromatic heterocycles. The summed E-state index contributed by atoms with van der Waals surface area (Å²) >= 11 is -4.04. The van der Waals surface area contributed by atoms with Gasteiger partial charge in [-0.25, -0.2) is 0 Å². The molecule has 1 atom stereocenters. The van der Waals surface area contributed by atoms with Crippen LogP contribution in [0.1, 0.15) is 59.8 Å². The van der Waals surface area contributed by atoms with Crippen LogP contribution in [0, 0.1) is 0 Å². The Balaban J connectivity index is 1.46. The number of rotatable bonds is 7. The summed E-state index contributed by atoms with van der Waals surface area (Å²) in [4.78, 5) is 0. The minimum absolute atomic E-state index is 0.0894. The third kappa shape index (κ3) is 5.00. The van der Waals surface area contributed by atoms with Gasteiger partial charge in [0.2, 0.25) is 0 Å². The van der Waals surface area contributed by atoms with Gasteiger partial charge in [-0.2, -0.15) is 0 Å².